The van der Waals surface area contributed by atoms with E-state index in [0.29, 0.717) is 11.3 Å². The summed E-state index contributed by atoms with van der Waals surface area (Å²) < 4.78 is 20.7. The zero-order valence-electron chi connectivity index (χ0n) is 10.8. The number of benzene rings is 2. The Morgan fingerprint density at radius 3 is 2.75 bits per heavy atom. The van der Waals surface area contributed by atoms with Gasteiger partial charge in [0.2, 0.25) is 0 Å². The van der Waals surface area contributed by atoms with Gasteiger partial charge in [-0.1, -0.05) is 40.3 Å². The van der Waals surface area contributed by atoms with Crippen molar-refractivity contribution >= 4 is 33.1 Å². The molecular weight excluding hydrogens is 341 g/mol. The molecule has 0 spiro atoms. The molecule has 0 radical (unpaired) electrons. The van der Waals surface area contributed by atoms with Crippen molar-refractivity contribution in [2.75, 3.05) is 0 Å². The van der Waals surface area contributed by atoms with Gasteiger partial charge in [0, 0.05) is 15.6 Å². The highest BCUT2D eigenvalue weighted by Crippen LogP contribution is 2.23. The summed E-state index contributed by atoms with van der Waals surface area (Å²) in [5.41, 5.74) is 7.20. The van der Waals surface area contributed by atoms with Crippen molar-refractivity contribution in [3.05, 3.63) is 63.4 Å². The molecule has 0 fully saturated rings. The van der Waals surface area contributed by atoms with Crippen LogP contribution in [0.15, 0.2) is 40.9 Å². The predicted molar refractivity (Wildman–Crippen MR) is 85.5 cm³/mol. The Hall–Kier alpha value is -1.46. The molecular formula is C15H13BrFNOS. The number of hydrogen-bond donors (Lipinski definition) is 1. The molecule has 0 unspecified atom stereocenters. The van der Waals surface area contributed by atoms with E-state index in [2.05, 4.69) is 15.9 Å². The lowest BCUT2D eigenvalue weighted by Crippen LogP contribution is -2.13. The van der Waals surface area contributed by atoms with E-state index < -0.39 is 5.82 Å². The predicted octanol–water partition coefficient (Wildman–Crippen LogP) is 4.11. The van der Waals surface area contributed by atoms with Gasteiger partial charge < -0.3 is 10.5 Å². The van der Waals surface area contributed by atoms with Gasteiger partial charge in [-0.15, -0.1) is 0 Å². The lowest BCUT2D eigenvalue weighted by atomic mass is 10.1. The van der Waals surface area contributed by atoms with E-state index in [0.717, 1.165) is 10.0 Å². The molecule has 0 aliphatic carbocycles. The van der Waals surface area contributed by atoms with Crippen LogP contribution in [0.2, 0.25) is 0 Å². The van der Waals surface area contributed by atoms with Crippen molar-refractivity contribution in [3.8, 4) is 5.75 Å². The molecule has 2 rings (SSSR count). The van der Waals surface area contributed by atoms with Gasteiger partial charge in [-0.05, 0) is 36.8 Å². The maximum absolute atomic E-state index is 14.1. The Morgan fingerprint density at radius 1 is 1.35 bits per heavy atom. The summed E-state index contributed by atoms with van der Waals surface area (Å²) in [5.74, 6) is 0.264. The molecule has 0 amide bonds. The molecule has 0 heterocycles. The average molecular weight is 354 g/mol. The minimum absolute atomic E-state index is 0.0452. The van der Waals surface area contributed by atoms with E-state index >= 15 is 0 Å². The lowest BCUT2D eigenvalue weighted by molar-refractivity contribution is 0.299. The van der Waals surface area contributed by atoms with E-state index in [1.807, 2.05) is 25.1 Å². The molecule has 0 bridgehead atoms. The molecule has 0 atom stereocenters. The van der Waals surface area contributed by atoms with Crippen molar-refractivity contribution in [2.24, 2.45) is 5.73 Å². The van der Waals surface area contributed by atoms with Crippen LogP contribution in [0.5, 0.6) is 5.75 Å². The van der Waals surface area contributed by atoms with Crippen LogP contribution in [0.25, 0.3) is 0 Å². The largest absolute Gasteiger partial charge is 0.489 e. The topological polar surface area (TPSA) is 35.2 Å². The fraction of sp³-hybridized carbons (Fsp3) is 0.133. The second kappa shape index (κ2) is 6.33. The Bertz CT molecular complexity index is 660. The van der Waals surface area contributed by atoms with Crippen molar-refractivity contribution in [3.63, 3.8) is 0 Å². The number of halogens is 2. The first kappa shape index (κ1) is 14.9. The third-order valence-corrected chi connectivity index (χ3v) is 3.98. The first-order chi connectivity index (χ1) is 9.49. The van der Waals surface area contributed by atoms with Crippen LogP contribution < -0.4 is 10.5 Å². The zero-order valence-corrected chi connectivity index (χ0v) is 13.2. The Morgan fingerprint density at radius 2 is 2.10 bits per heavy atom. The van der Waals surface area contributed by atoms with Crippen molar-refractivity contribution in [2.45, 2.75) is 13.5 Å². The van der Waals surface area contributed by atoms with Gasteiger partial charge in [0.05, 0.1) is 0 Å². The first-order valence-corrected chi connectivity index (χ1v) is 7.15. The number of ether oxygens (including phenoxy) is 1. The quantitative estimate of drug-likeness (QED) is 0.840. The summed E-state index contributed by atoms with van der Waals surface area (Å²) in [4.78, 5) is 0.0452. The molecule has 0 saturated heterocycles. The maximum Gasteiger partial charge on any atom is 0.139 e. The SMILES string of the molecule is Cc1cc(OCc2cccc(C(N)=S)c2F)ccc1Br. The first-order valence-electron chi connectivity index (χ1n) is 5.95. The average Bonchev–Trinajstić information content (AvgIpc) is 2.41. The van der Waals surface area contributed by atoms with Crippen molar-refractivity contribution in [1.82, 2.24) is 0 Å². The Balaban J connectivity index is 2.17. The fourth-order valence-corrected chi connectivity index (χ4v) is 2.15. The maximum atomic E-state index is 14.1. The molecule has 20 heavy (non-hydrogen) atoms. The van der Waals surface area contributed by atoms with Crippen LogP contribution in [-0.2, 0) is 6.61 Å². The number of thiocarbonyl (C=S) groups is 1. The highest BCUT2D eigenvalue weighted by molar-refractivity contribution is 9.10. The monoisotopic (exact) mass is 353 g/mol. The summed E-state index contributed by atoms with van der Waals surface area (Å²) in [6.07, 6.45) is 0. The summed E-state index contributed by atoms with van der Waals surface area (Å²) in [7, 11) is 0. The van der Waals surface area contributed by atoms with Gasteiger partial charge in [0.25, 0.3) is 0 Å². The van der Waals surface area contributed by atoms with Crippen LogP contribution in [0.4, 0.5) is 4.39 Å². The minimum Gasteiger partial charge on any atom is -0.489 e. The number of nitrogens with two attached hydrogens (primary N) is 1. The molecule has 2 nitrogen and oxygen atoms in total. The lowest BCUT2D eigenvalue weighted by Gasteiger charge is -2.10. The molecule has 0 aromatic heterocycles. The van der Waals surface area contributed by atoms with Crippen LogP contribution in [0.1, 0.15) is 16.7 Å². The summed E-state index contributed by atoms with van der Waals surface area (Å²) in [5, 5.41) is 0. The smallest absolute Gasteiger partial charge is 0.139 e. The molecule has 0 aliphatic rings. The Kier molecular flexibility index (Phi) is 4.73. The number of hydrogen-bond acceptors (Lipinski definition) is 2. The summed E-state index contributed by atoms with van der Waals surface area (Å²) in [6, 6.07) is 10.5. The van der Waals surface area contributed by atoms with Crippen LogP contribution in [0.3, 0.4) is 0 Å². The second-order valence-electron chi connectivity index (χ2n) is 4.34. The fourth-order valence-electron chi connectivity index (χ4n) is 1.75. The number of aryl methyl sites for hydroxylation is 1. The minimum atomic E-state index is -0.422. The van der Waals surface area contributed by atoms with Gasteiger partial charge in [0.1, 0.15) is 23.2 Å². The van der Waals surface area contributed by atoms with Gasteiger partial charge in [-0.2, -0.15) is 0 Å². The van der Waals surface area contributed by atoms with Gasteiger partial charge >= 0.3 is 0 Å². The van der Waals surface area contributed by atoms with E-state index in [4.69, 9.17) is 22.7 Å². The van der Waals surface area contributed by atoms with E-state index in [-0.39, 0.29) is 17.2 Å². The van der Waals surface area contributed by atoms with Crippen LogP contribution in [-0.4, -0.2) is 4.99 Å². The van der Waals surface area contributed by atoms with Crippen molar-refractivity contribution < 1.29 is 9.13 Å². The van der Waals surface area contributed by atoms with Gasteiger partial charge in [-0.3, -0.25) is 0 Å². The molecule has 2 N–H and O–H groups in total. The number of rotatable bonds is 4. The summed E-state index contributed by atoms with van der Waals surface area (Å²) in [6.45, 7) is 2.09. The highest BCUT2D eigenvalue weighted by Gasteiger charge is 2.10. The second-order valence-corrected chi connectivity index (χ2v) is 5.64. The van der Waals surface area contributed by atoms with E-state index in [1.165, 1.54) is 0 Å². The third kappa shape index (κ3) is 3.35. The van der Waals surface area contributed by atoms with E-state index in [1.54, 1.807) is 18.2 Å². The molecule has 0 saturated carbocycles. The van der Waals surface area contributed by atoms with Gasteiger partial charge in [-0.25, -0.2) is 4.39 Å². The van der Waals surface area contributed by atoms with Crippen molar-refractivity contribution in [1.29, 1.82) is 0 Å². The molecule has 104 valence electrons. The van der Waals surface area contributed by atoms with Crippen LogP contribution >= 0.6 is 28.1 Å². The standard InChI is InChI=1S/C15H13BrFNOS/c1-9-7-11(5-6-13(9)16)19-8-10-3-2-4-12(14(10)17)15(18)20/h2-7H,8H2,1H3,(H2,18,20). The Labute approximate surface area is 130 Å². The molecule has 0 aliphatic heterocycles. The highest BCUT2D eigenvalue weighted by atomic mass is 79.9. The molecule has 2 aromatic rings. The van der Waals surface area contributed by atoms with Crippen LogP contribution in [0, 0.1) is 12.7 Å². The third-order valence-electron chi connectivity index (χ3n) is 2.87. The molecule has 5 heteroatoms. The van der Waals surface area contributed by atoms with E-state index in [9.17, 15) is 4.39 Å². The van der Waals surface area contributed by atoms with Gasteiger partial charge in [0.15, 0.2) is 0 Å². The zero-order chi connectivity index (χ0) is 14.7. The molecule has 2 aromatic carbocycles. The normalized spacial score (nSPS) is 10.3. The summed E-state index contributed by atoms with van der Waals surface area (Å²) >= 11 is 8.23.